The standard InChI is InChI=1S/C20H25ClN4O5/c1-22(2)17(26)11-23-5-7-24(8-6-23)19(20(29)30)15-10-25(12-18(27)28)16-9-13(21)3-4-14(15)16/h3-4,9-10,19H,5-8,11-12H2,1-2H3,(H,27,28)(H,29,30)/t19-/m0/s1. The number of benzene rings is 1. The van der Waals surface area contributed by atoms with Gasteiger partial charge in [-0.25, -0.2) is 0 Å². The van der Waals surface area contributed by atoms with Gasteiger partial charge in [-0.1, -0.05) is 17.7 Å². The lowest BCUT2D eigenvalue weighted by Crippen LogP contribution is -2.51. The molecule has 10 heteroatoms. The number of hydrogen-bond acceptors (Lipinski definition) is 5. The molecule has 0 unspecified atom stereocenters. The van der Waals surface area contributed by atoms with E-state index in [0.29, 0.717) is 54.2 Å². The molecule has 2 heterocycles. The number of carboxylic acids is 2. The summed E-state index contributed by atoms with van der Waals surface area (Å²) in [6, 6.07) is 4.12. The summed E-state index contributed by atoms with van der Waals surface area (Å²) in [4.78, 5) is 40.8. The summed E-state index contributed by atoms with van der Waals surface area (Å²) >= 11 is 6.08. The lowest BCUT2D eigenvalue weighted by Gasteiger charge is -2.37. The number of nitrogens with zero attached hydrogens (tertiary/aromatic N) is 4. The third-order valence-corrected chi connectivity index (χ3v) is 5.57. The Balaban J connectivity index is 1.87. The monoisotopic (exact) mass is 436 g/mol. The molecule has 1 aromatic carbocycles. The Bertz CT molecular complexity index is 966. The molecule has 2 aromatic rings. The van der Waals surface area contributed by atoms with E-state index in [-0.39, 0.29) is 12.5 Å². The number of carboxylic acid groups (broad SMARTS) is 2. The van der Waals surface area contributed by atoms with Crippen molar-refractivity contribution in [3.05, 3.63) is 35.0 Å². The zero-order valence-corrected chi connectivity index (χ0v) is 17.7. The molecule has 30 heavy (non-hydrogen) atoms. The number of fused-ring (bicyclic) bond motifs is 1. The van der Waals surface area contributed by atoms with Gasteiger partial charge in [0.05, 0.1) is 12.1 Å². The Morgan fingerprint density at radius 3 is 2.33 bits per heavy atom. The summed E-state index contributed by atoms with van der Waals surface area (Å²) < 4.78 is 1.51. The summed E-state index contributed by atoms with van der Waals surface area (Å²) in [5, 5.41) is 20.3. The minimum absolute atomic E-state index is 0.00635. The number of hydrogen-bond donors (Lipinski definition) is 2. The third kappa shape index (κ3) is 4.75. The molecule has 2 N–H and O–H groups in total. The first-order chi connectivity index (χ1) is 14.2. The average Bonchev–Trinajstić information content (AvgIpc) is 2.99. The van der Waals surface area contributed by atoms with E-state index in [1.165, 1.54) is 9.47 Å². The first-order valence-corrected chi connectivity index (χ1v) is 9.94. The van der Waals surface area contributed by atoms with Crippen LogP contribution in [0, 0.1) is 0 Å². The molecule has 0 aliphatic carbocycles. The van der Waals surface area contributed by atoms with E-state index >= 15 is 0 Å². The minimum atomic E-state index is -1.02. The van der Waals surface area contributed by atoms with Crippen LogP contribution in [0.4, 0.5) is 0 Å². The number of carbonyl (C=O) groups excluding carboxylic acids is 1. The predicted octanol–water partition coefficient (Wildman–Crippen LogP) is 1.21. The number of aromatic nitrogens is 1. The van der Waals surface area contributed by atoms with Crippen molar-refractivity contribution in [2.75, 3.05) is 46.8 Å². The first-order valence-electron chi connectivity index (χ1n) is 9.57. The van der Waals surface area contributed by atoms with Crippen molar-refractivity contribution in [2.45, 2.75) is 12.6 Å². The van der Waals surface area contributed by atoms with Crippen molar-refractivity contribution in [3.8, 4) is 0 Å². The van der Waals surface area contributed by atoms with Crippen molar-refractivity contribution in [2.24, 2.45) is 0 Å². The molecule has 162 valence electrons. The summed E-state index contributed by atoms with van der Waals surface area (Å²) in [5.74, 6) is -2.02. The van der Waals surface area contributed by atoms with Crippen molar-refractivity contribution < 1.29 is 24.6 Å². The molecule has 1 atom stereocenters. The van der Waals surface area contributed by atoms with E-state index in [4.69, 9.17) is 11.6 Å². The van der Waals surface area contributed by atoms with E-state index in [0.717, 1.165) is 0 Å². The lowest BCUT2D eigenvalue weighted by atomic mass is 10.0. The Hall–Kier alpha value is -2.62. The number of likely N-dealkylation sites (N-methyl/N-ethyl adjacent to an activating group) is 1. The molecule has 1 saturated heterocycles. The normalized spacial score (nSPS) is 16.5. The van der Waals surface area contributed by atoms with Crippen LogP contribution in [-0.2, 0) is 20.9 Å². The highest BCUT2D eigenvalue weighted by Gasteiger charge is 2.33. The molecular formula is C20H25ClN4O5. The van der Waals surface area contributed by atoms with Crippen LogP contribution in [0.2, 0.25) is 5.02 Å². The van der Waals surface area contributed by atoms with E-state index in [1.807, 2.05) is 9.80 Å². The SMILES string of the molecule is CN(C)C(=O)CN1CCN([C@H](C(=O)O)c2cn(CC(=O)O)c3cc(Cl)ccc23)CC1. The second-order valence-electron chi connectivity index (χ2n) is 7.61. The highest BCUT2D eigenvalue weighted by Crippen LogP contribution is 2.32. The quantitative estimate of drug-likeness (QED) is 0.671. The van der Waals surface area contributed by atoms with Gasteiger partial charge in [-0.3, -0.25) is 24.2 Å². The molecule has 0 spiro atoms. The molecule has 0 saturated carbocycles. The first kappa shape index (κ1) is 22.1. The van der Waals surface area contributed by atoms with Crippen LogP contribution in [0.1, 0.15) is 11.6 Å². The Morgan fingerprint density at radius 2 is 1.77 bits per heavy atom. The van der Waals surface area contributed by atoms with Crippen molar-refractivity contribution in [3.63, 3.8) is 0 Å². The lowest BCUT2D eigenvalue weighted by molar-refractivity contribution is -0.145. The van der Waals surface area contributed by atoms with Gasteiger partial charge in [0.2, 0.25) is 5.91 Å². The fraction of sp³-hybridized carbons (Fsp3) is 0.450. The van der Waals surface area contributed by atoms with Crippen LogP contribution in [0.15, 0.2) is 24.4 Å². The zero-order chi connectivity index (χ0) is 22.0. The number of aliphatic carboxylic acids is 2. The maximum absolute atomic E-state index is 12.2. The van der Waals surface area contributed by atoms with E-state index < -0.39 is 18.0 Å². The van der Waals surface area contributed by atoms with Gasteiger partial charge < -0.3 is 19.7 Å². The molecule has 1 aromatic heterocycles. The van der Waals surface area contributed by atoms with Gasteiger partial charge in [-0.05, 0) is 12.1 Å². The Morgan fingerprint density at radius 1 is 1.10 bits per heavy atom. The fourth-order valence-electron chi connectivity index (χ4n) is 3.79. The van der Waals surface area contributed by atoms with Gasteiger partial charge >= 0.3 is 11.9 Å². The Kier molecular flexibility index (Phi) is 6.64. The summed E-state index contributed by atoms with van der Waals surface area (Å²) in [6.45, 7) is 2.12. The van der Waals surface area contributed by atoms with E-state index in [2.05, 4.69) is 0 Å². The van der Waals surface area contributed by atoms with E-state index in [1.54, 1.807) is 38.5 Å². The second kappa shape index (κ2) is 9.03. The van der Waals surface area contributed by atoms with Crippen LogP contribution in [-0.4, -0.2) is 94.1 Å². The molecule has 3 rings (SSSR count). The summed E-state index contributed by atoms with van der Waals surface area (Å²) in [5.41, 5.74) is 1.12. The molecule has 1 amide bonds. The van der Waals surface area contributed by atoms with Crippen molar-refractivity contribution >= 4 is 40.3 Å². The second-order valence-corrected chi connectivity index (χ2v) is 8.05. The maximum atomic E-state index is 12.2. The van der Waals surface area contributed by atoms with E-state index in [9.17, 15) is 24.6 Å². The average molecular weight is 437 g/mol. The van der Waals surface area contributed by atoms with Gasteiger partial charge in [-0.15, -0.1) is 0 Å². The van der Waals surface area contributed by atoms with Gasteiger partial charge in [0.1, 0.15) is 12.6 Å². The summed E-state index contributed by atoms with van der Waals surface area (Å²) in [6.07, 6.45) is 1.59. The van der Waals surface area contributed by atoms with Gasteiger partial charge in [0.25, 0.3) is 0 Å². The number of carbonyl (C=O) groups is 3. The number of amides is 1. The molecule has 0 radical (unpaired) electrons. The van der Waals surface area contributed by atoms with Crippen molar-refractivity contribution in [1.82, 2.24) is 19.3 Å². The van der Waals surface area contributed by atoms with Crippen LogP contribution < -0.4 is 0 Å². The van der Waals surface area contributed by atoms with Crippen LogP contribution in [0.25, 0.3) is 10.9 Å². The van der Waals surface area contributed by atoms with Crippen LogP contribution in [0.5, 0.6) is 0 Å². The molecule has 1 fully saturated rings. The number of rotatable bonds is 7. The molecule has 1 aliphatic heterocycles. The smallest absolute Gasteiger partial charge is 0.325 e. The predicted molar refractivity (Wildman–Crippen MR) is 112 cm³/mol. The highest BCUT2D eigenvalue weighted by atomic mass is 35.5. The third-order valence-electron chi connectivity index (χ3n) is 5.34. The Labute approximate surface area is 179 Å². The van der Waals surface area contributed by atoms with Crippen LogP contribution >= 0.6 is 11.6 Å². The van der Waals surface area contributed by atoms with Crippen molar-refractivity contribution in [1.29, 1.82) is 0 Å². The molecule has 0 bridgehead atoms. The number of piperazine rings is 1. The van der Waals surface area contributed by atoms with Gasteiger partial charge in [0, 0.05) is 62.4 Å². The maximum Gasteiger partial charge on any atom is 0.325 e. The zero-order valence-electron chi connectivity index (χ0n) is 16.9. The topological polar surface area (TPSA) is 106 Å². The largest absolute Gasteiger partial charge is 0.480 e. The van der Waals surface area contributed by atoms with Gasteiger partial charge in [-0.2, -0.15) is 0 Å². The molecular weight excluding hydrogens is 412 g/mol. The number of halogens is 1. The minimum Gasteiger partial charge on any atom is -0.480 e. The van der Waals surface area contributed by atoms with Crippen LogP contribution in [0.3, 0.4) is 0 Å². The highest BCUT2D eigenvalue weighted by molar-refractivity contribution is 6.31. The molecule has 9 nitrogen and oxygen atoms in total. The summed E-state index contributed by atoms with van der Waals surface area (Å²) in [7, 11) is 3.41. The fourth-order valence-corrected chi connectivity index (χ4v) is 3.95. The molecule has 1 aliphatic rings. The van der Waals surface area contributed by atoms with Gasteiger partial charge in [0.15, 0.2) is 0 Å².